The van der Waals surface area contributed by atoms with E-state index in [0.29, 0.717) is 12.0 Å². The Morgan fingerprint density at radius 2 is 2.00 bits per heavy atom. The molecule has 0 spiro atoms. The molecule has 1 N–H and O–H groups in total. The van der Waals surface area contributed by atoms with Gasteiger partial charge in [0.25, 0.3) is 0 Å². The lowest BCUT2D eigenvalue weighted by Gasteiger charge is -2.30. The van der Waals surface area contributed by atoms with Crippen molar-refractivity contribution in [3.8, 4) is 0 Å². The summed E-state index contributed by atoms with van der Waals surface area (Å²) in [7, 11) is 4.06. The van der Waals surface area contributed by atoms with Crippen LogP contribution in [0.4, 0.5) is 11.8 Å². The third kappa shape index (κ3) is 2.78. The molecule has 21 heavy (non-hydrogen) atoms. The van der Waals surface area contributed by atoms with Crippen LogP contribution in [0.1, 0.15) is 13.3 Å². The molecule has 0 bridgehead atoms. The van der Waals surface area contributed by atoms with Crippen molar-refractivity contribution >= 4 is 22.7 Å². The summed E-state index contributed by atoms with van der Waals surface area (Å²) in [6, 6.07) is 8.70. The summed E-state index contributed by atoms with van der Waals surface area (Å²) in [6.07, 6.45) is 1.16. The van der Waals surface area contributed by atoms with Crippen LogP contribution in [0, 0.1) is 0 Å². The number of fused-ring (bicyclic) bond motifs is 1. The molecule has 1 aliphatic heterocycles. The van der Waals surface area contributed by atoms with Crippen molar-refractivity contribution < 1.29 is 0 Å². The standard InChI is InChI=1S/C16H23N5/c1-12-11-20(3)9-6-10-21(12)15-13-7-4-5-8-14(13)18-16(17-2)19-15/h4-5,7-8,12H,6,9-11H2,1-3H3,(H,17,18,19). The van der Waals surface area contributed by atoms with Gasteiger partial charge in [-0.25, -0.2) is 4.98 Å². The second kappa shape index (κ2) is 5.85. The number of aromatic nitrogens is 2. The average Bonchev–Trinajstić information content (AvgIpc) is 2.66. The number of nitrogens with zero attached hydrogens (tertiary/aromatic N) is 4. The minimum absolute atomic E-state index is 0.445. The van der Waals surface area contributed by atoms with Gasteiger partial charge in [0.15, 0.2) is 0 Å². The van der Waals surface area contributed by atoms with Gasteiger partial charge in [0.1, 0.15) is 5.82 Å². The van der Waals surface area contributed by atoms with Crippen LogP contribution in [0.25, 0.3) is 10.9 Å². The third-order valence-corrected chi connectivity index (χ3v) is 4.13. The Balaban J connectivity index is 2.09. The number of hydrogen-bond acceptors (Lipinski definition) is 5. The van der Waals surface area contributed by atoms with Crippen LogP contribution in [0.15, 0.2) is 24.3 Å². The SMILES string of the molecule is CNc1nc(N2CCCN(C)CC2C)c2ccccc2n1. The van der Waals surface area contributed by atoms with Gasteiger partial charge in [-0.1, -0.05) is 12.1 Å². The molecule has 0 aliphatic carbocycles. The minimum Gasteiger partial charge on any atom is -0.357 e. The lowest BCUT2D eigenvalue weighted by Crippen LogP contribution is -2.38. The van der Waals surface area contributed by atoms with Gasteiger partial charge < -0.3 is 15.1 Å². The average molecular weight is 285 g/mol. The van der Waals surface area contributed by atoms with Crippen LogP contribution in [0.3, 0.4) is 0 Å². The lowest BCUT2D eigenvalue weighted by molar-refractivity contribution is 0.337. The van der Waals surface area contributed by atoms with Gasteiger partial charge in [0.05, 0.1) is 5.52 Å². The van der Waals surface area contributed by atoms with E-state index in [2.05, 4.69) is 52.3 Å². The number of benzene rings is 1. The van der Waals surface area contributed by atoms with Crippen molar-refractivity contribution in [3.63, 3.8) is 0 Å². The van der Waals surface area contributed by atoms with Crippen LogP contribution in [0.5, 0.6) is 0 Å². The summed E-state index contributed by atoms with van der Waals surface area (Å²) >= 11 is 0. The van der Waals surface area contributed by atoms with Gasteiger partial charge in [-0.05, 0) is 39.1 Å². The van der Waals surface area contributed by atoms with Crippen LogP contribution >= 0.6 is 0 Å². The van der Waals surface area contributed by atoms with Gasteiger partial charge >= 0.3 is 0 Å². The number of likely N-dealkylation sites (N-methyl/N-ethyl adjacent to an activating group) is 1. The summed E-state index contributed by atoms with van der Waals surface area (Å²) in [5.41, 5.74) is 0.997. The van der Waals surface area contributed by atoms with Crippen molar-refractivity contribution in [1.82, 2.24) is 14.9 Å². The Labute approximate surface area is 126 Å². The Bertz CT molecular complexity index is 627. The van der Waals surface area contributed by atoms with Crippen molar-refractivity contribution in [3.05, 3.63) is 24.3 Å². The van der Waals surface area contributed by atoms with Crippen LogP contribution < -0.4 is 10.2 Å². The van der Waals surface area contributed by atoms with Gasteiger partial charge in [0.2, 0.25) is 5.95 Å². The van der Waals surface area contributed by atoms with E-state index in [9.17, 15) is 0 Å². The van der Waals surface area contributed by atoms with E-state index in [1.54, 1.807) is 0 Å². The largest absolute Gasteiger partial charge is 0.357 e. The van der Waals surface area contributed by atoms with Crippen molar-refractivity contribution in [1.29, 1.82) is 0 Å². The molecule has 1 unspecified atom stereocenters. The maximum Gasteiger partial charge on any atom is 0.224 e. The highest BCUT2D eigenvalue weighted by atomic mass is 15.3. The first-order valence-electron chi connectivity index (χ1n) is 7.59. The van der Waals surface area contributed by atoms with Gasteiger partial charge in [0, 0.05) is 31.6 Å². The second-order valence-corrected chi connectivity index (χ2v) is 5.80. The molecule has 1 atom stereocenters. The van der Waals surface area contributed by atoms with E-state index in [1.807, 2.05) is 13.1 Å². The molecule has 5 heteroatoms. The fourth-order valence-electron chi connectivity index (χ4n) is 3.08. The molecule has 1 aromatic heterocycles. The van der Waals surface area contributed by atoms with Crippen LogP contribution in [-0.4, -0.2) is 54.6 Å². The quantitative estimate of drug-likeness (QED) is 0.916. The van der Waals surface area contributed by atoms with E-state index in [1.165, 1.54) is 0 Å². The molecular weight excluding hydrogens is 262 g/mol. The zero-order valence-electron chi connectivity index (χ0n) is 13.0. The van der Waals surface area contributed by atoms with E-state index in [4.69, 9.17) is 4.98 Å². The fourth-order valence-corrected chi connectivity index (χ4v) is 3.08. The summed E-state index contributed by atoms with van der Waals surface area (Å²) in [5.74, 6) is 1.74. The zero-order chi connectivity index (χ0) is 14.8. The third-order valence-electron chi connectivity index (χ3n) is 4.13. The van der Waals surface area contributed by atoms with E-state index >= 15 is 0 Å². The Hall–Kier alpha value is -1.88. The first-order valence-corrected chi connectivity index (χ1v) is 7.59. The fraction of sp³-hybridized carbons (Fsp3) is 0.500. The molecule has 0 radical (unpaired) electrons. The molecule has 3 rings (SSSR count). The van der Waals surface area contributed by atoms with Gasteiger partial charge in [-0.2, -0.15) is 4.98 Å². The summed E-state index contributed by atoms with van der Waals surface area (Å²) < 4.78 is 0. The molecule has 112 valence electrons. The van der Waals surface area contributed by atoms with Crippen LogP contribution in [-0.2, 0) is 0 Å². The molecule has 1 aliphatic rings. The maximum atomic E-state index is 4.75. The molecule has 0 saturated carbocycles. The monoisotopic (exact) mass is 285 g/mol. The topological polar surface area (TPSA) is 44.3 Å². The summed E-state index contributed by atoms with van der Waals surface area (Å²) in [4.78, 5) is 14.1. The van der Waals surface area contributed by atoms with Crippen LogP contribution in [0.2, 0.25) is 0 Å². The Morgan fingerprint density at radius 1 is 1.19 bits per heavy atom. The Kier molecular flexibility index (Phi) is 3.92. The zero-order valence-corrected chi connectivity index (χ0v) is 13.0. The molecular formula is C16H23N5. The molecule has 2 heterocycles. The lowest BCUT2D eigenvalue weighted by atomic mass is 10.2. The number of anilines is 2. The second-order valence-electron chi connectivity index (χ2n) is 5.80. The maximum absolute atomic E-state index is 4.75. The van der Waals surface area contributed by atoms with Crippen molar-refractivity contribution in [2.45, 2.75) is 19.4 Å². The molecule has 0 amide bonds. The van der Waals surface area contributed by atoms with Gasteiger partial charge in [-0.15, -0.1) is 0 Å². The van der Waals surface area contributed by atoms with Gasteiger partial charge in [-0.3, -0.25) is 0 Å². The predicted octanol–water partition coefficient (Wildman–Crippen LogP) is 2.20. The highest BCUT2D eigenvalue weighted by molar-refractivity contribution is 5.90. The van der Waals surface area contributed by atoms with Crippen molar-refractivity contribution in [2.75, 3.05) is 43.9 Å². The van der Waals surface area contributed by atoms with E-state index in [-0.39, 0.29) is 0 Å². The van der Waals surface area contributed by atoms with E-state index < -0.39 is 0 Å². The number of nitrogens with one attached hydrogen (secondary N) is 1. The number of hydrogen-bond donors (Lipinski definition) is 1. The predicted molar refractivity (Wildman–Crippen MR) is 88.0 cm³/mol. The molecule has 1 saturated heterocycles. The van der Waals surface area contributed by atoms with Crippen molar-refractivity contribution in [2.24, 2.45) is 0 Å². The highest BCUT2D eigenvalue weighted by Gasteiger charge is 2.23. The summed E-state index contributed by atoms with van der Waals surface area (Å²) in [5, 5.41) is 4.21. The summed E-state index contributed by atoms with van der Waals surface area (Å²) in [6.45, 7) is 5.52. The number of para-hydroxylation sites is 1. The van der Waals surface area contributed by atoms with E-state index in [0.717, 1.165) is 42.8 Å². The highest BCUT2D eigenvalue weighted by Crippen LogP contribution is 2.27. The normalized spacial score (nSPS) is 20.5. The first-order chi connectivity index (χ1) is 10.2. The smallest absolute Gasteiger partial charge is 0.224 e. The molecule has 2 aromatic rings. The first kappa shape index (κ1) is 14.1. The minimum atomic E-state index is 0.445. The Morgan fingerprint density at radius 3 is 2.81 bits per heavy atom. The molecule has 1 aromatic carbocycles. The number of rotatable bonds is 2. The molecule has 5 nitrogen and oxygen atoms in total. The molecule has 1 fully saturated rings.